The molecule has 12 heavy (non-hydrogen) atoms. The van der Waals surface area contributed by atoms with Crippen LogP contribution in [-0.2, 0) is 0 Å². The summed E-state index contributed by atoms with van der Waals surface area (Å²) in [6, 6.07) is 6.85. The molecule has 1 heterocycles. The number of nitrogens with one attached hydrogen (secondary N) is 1. The zero-order chi connectivity index (χ0) is 8.55. The predicted molar refractivity (Wildman–Crippen MR) is 57.2 cm³/mol. The summed E-state index contributed by atoms with van der Waals surface area (Å²) in [7, 11) is 0. The lowest BCUT2D eigenvalue weighted by Crippen LogP contribution is -2.35. The molecule has 1 aliphatic rings. The van der Waals surface area contributed by atoms with E-state index in [1.54, 1.807) is 0 Å². The fourth-order valence-corrected chi connectivity index (χ4v) is 2.24. The molecule has 1 nitrogen and oxygen atoms in total. The van der Waals surface area contributed by atoms with E-state index in [9.17, 15) is 0 Å². The van der Waals surface area contributed by atoms with Crippen LogP contribution in [0.5, 0.6) is 0 Å². The Morgan fingerprint density at radius 2 is 2.08 bits per heavy atom. The molecule has 1 aromatic carbocycles. The van der Waals surface area contributed by atoms with Gasteiger partial charge in [0.05, 0.1) is 0 Å². The highest BCUT2D eigenvalue weighted by molar-refractivity contribution is 9.11. The van der Waals surface area contributed by atoms with Crippen LogP contribution in [0.1, 0.15) is 18.0 Å². The first-order valence-electron chi connectivity index (χ1n) is 3.96. The second-order valence-electron chi connectivity index (χ2n) is 2.96. The highest BCUT2D eigenvalue weighted by Crippen LogP contribution is 2.31. The minimum absolute atomic E-state index is 0.553. The van der Waals surface area contributed by atoms with E-state index in [0.717, 1.165) is 11.0 Å². The zero-order valence-electron chi connectivity index (χ0n) is 6.48. The van der Waals surface area contributed by atoms with Gasteiger partial charge in [-0.2, -0.15) is 0 Å². The van der Waals surface area contributed by atoms with Gasteiger partial charge in [0.25, 0.3) is 0 Å². The standard InChI is InChI=1S/C9H9Br2N/c10-6-1-2-8(11)7(5-6)9-3-4-12-9/h1-2,5,9,12H,3-4H2/t9-/m1/s1. The molecule has 0 unspecified atom stereocenters. The lowest BCUT2D eigenvalue weighted by atomic mass is 9.98. The van der Waals surface area contributed by atoms with Crippen LogP contribution >= 0.6 is 31.9 Å². The maximum Gasteiger partial charge on any atom is 0.0343 e. The van der Waals surface area contributed by atoms with Crippen molar-refractivity contribution in [1.82, 2.24) is 5.32 Å². The van der Waals surface area contributed by atoms with Gasteiger partial charge in [0.15, 0.2) is 0 Å². The molecule has 1 aliphatic heterocycles. The average molecular weight is 291 g/mol. The maximum atomic E-state index is 3.54. The molecule has 0 radical (unpaired) electrons. The Morgan fingerprint density at radius 1 is 1.33 bits per heavy atom. The molecule has 1 N–H and O–H groups in total. The molecular weight excluding hydrogens is 282 g/mol. The smallest absolute Gasteiger partial charge is 0.0343 e. The summed E-state index contributed by atoms with van der Waals surface area (Å²) in [6.07, 6.45) is 1.25. The lowest BCUT2D eigenvalue weighted by molar-refractivity contribution is 0.382. The topological polar surface area (TPSA) is 12.0 Å². The van der Waals surface area contributed by atoms with Crippen LogP contribution in [0.4, 0.5) is 0 Å². The second-order valence-corrected chi connectivity index (χ2v) is 4.73. The fourth-order valence-electron chi connectivity index (χ4n) is 1.34. The van der Waals surface area contributed by atoms with E-state index in [0.29, 0.717) is 6.04 Å². The quantitative estimate of drug-likeness (QED) is 0.837. The van der Waals surface area contributed by atoms with Gasteiger partial charge in [-0.05, 0) is 36.7 Å². The maximum absolute atomic E-state index is 3.54. The summed E-state index contributed by atoms with van der Waals surface area (Å²) >= 11 is 7.01. The van der Waals surface area contributed by atoms with Crippen LogP contribution < -0.4 is 5.32 Å². The van der Waals surface area contributed by atoms with Crippen LogP contribution in [0.25, 0.3) is 0 Å². The van der Waals surface area contributed by atoms with Crippen molar-refractivity contribution < 1.29 is 0 Å². The Balaban J connectivity index is 2.34. The van der Waals surface area contributed by atoms with Gasteiger partial charge in [0.1, 0.15) is 0 Å². The van der Waals surface area contributed by atoms with E-state index < -0.39 is 0 Å². The predicted octanol–water partition coefficient (Wildman–Crippen LogP) is 3.25. The summed E-state index contributed by atoms with van der Waals surface area (Å²) in [5, 5.41) is 3.38. The number of halogens is 2. The molecule has 64 valence electrons. The van der Waals surface area contributed by atoms with Crippen molar-refractivity contribution in [2.75, 3.05) is 6.54 Å². The molecule has 0 aliphatic carbocycles. The summed E-state index contributed by atoms with van der Waals surface area (Å²) in [5.74, 6) is 0. The van der Waals surface area contributed by atoms with Gasteiger partial charge in [-0.15, -0.1) is 0 Å². The summed E-state index contributed by atoms with van der Waals surface area (Å²) in [4.78, 5) is 0. The van der Waals surface area contributed by atoms with Gasteiger partial charge < -0.3 is 5.32 Å². The van der Waals surface area contributed by atoms with Crippen molar-refractivity contribution in [3.8, 4) is 0 Å². The SMILES string of the molecule is Brc1ccc(Br)c([C@H]2CCN2)c1. The number of hydrogen-bond donors (Lipinski definition) is 1. The molecular formula is C9H9Br2N. The molecule has 1 saturated heterocycles. The Kier molecular flexibility index (Phi) is 2.53. The minimum Gasteiger partial charge on any atom is -0.310 e. The van der Waals surface area contributed by atoms with E-state index in [1.807, 2.05) is 6.07 Å². The molecule has 0 bridgehead atoms. The van der Waals surface area contributed by atoms with E-state index in [4.69, 9.17) is 0 Å². The van der Waals surface area contributed by atoms with Crippen molar-refractivity contribution >= 4 is 31.9 Å². The van der Waals surface area contributed by atoms with Crippen molar-refractivity contribution in [2.24, 2.45) is 0 Å². The first-order valence-corrected chi connectivity index (χ1v) is 5.54. The van der Waals surface area contributed by atoms with Crippen LogP contribution in [-0.4, -0.2) is 6.54 Å². The number of benzene rings is 1. The Labute approximate surface area is 88.8 Å². The number of rotatable bonds is 1. The Hall–Kier alpha value is 0.140. The molecule has 1 atom stereocenters. The van der Waals surface area contributed by atoms with Gasteiger partial charge in [-0.25, -0.2) is 0 Å². The molecule has 2 rings (SSSR count). The third kappa shape index (κ3) is 1.58. The van der Waals surface area contributed by atoms with Gasteiger partial charge >= 0.3 is 0 Å². The molecule has 1 aromatic rings. The third-order valence-corrected chi connectivity index (χ3v) is 3.37. The molecule has 0 spiro atoms. The number of hydrogen-bond acceptors (Lipinski definition) is 1. The van der Waals surface area contributed by atoms with Gasteiger partial charge in [-0.3, -0.25) is 0 Å². The van der Waals surface area contributed by atoms with E-state index in [2.05, 4.69) is 49.3 Å². The van der Waals surface area contributed by atoms with Gasteiger partial charge in [-0.1, -0.05) is 31.9 Å². The van der Waals surface area contributed by atoms with Crippen molar-refractivity contribution in [1.29, 1.82) is 0 Å². The van der Waals surface area contributed by atoms with Crippen molar-refractivity contribution in [3.05, 3.63) is 32.7 Å². The van der Waals surface area contributed by atoms with Gasteiger partial charge in [0.2, 0.25) is 0 Å². The van der Waals surface area contributed by atoms with Crippen LogP contribution in [0.2, 0.25) is 0 Å². The minimum atomic E-state index is 0.553. The highest BCUT2D eigenvalue weighted by atomic mass is 79.9. The highest BCUT2D eigenvalue weighted by Gasteiger charge is 2.20. The molecule has 1 fully saturated rings. The van der Waals surface area contributed by atoms with E-state index >= 15 is 0 Å². The summed E-state index contributed by atoms with van der Waals surface area (Å²) in [6.45, 7) is 1.14. The van der Waals surface area contributed by atoms with Crippen LogP contribution in [0.3, 0.4) is 0 Å². The summed E-state index contributed by atoms with van der Waals surface area (Å²) in [5.41, 5.74) is 1.36. The van der Waals surface area contributed by atoms with E-state index in [-0.39, 0.29) is 0 Å². The normalized spacial score (nSPS) is 22.0. The van der Waals surface area contributed by atoms with Crippen molar-refractivity contribution in [3.63, 3.8) is 0 Å². The summed E-state index contributed by atoms with van der Waals surface area (Å²) < 4.78 is 2.34. The van der Waals surface area contributed by atoms with Crippen LogP contribution in [0, 0.1) is 0 Å². The molecule has 0 saturated carbocycles. The average Bonchev–Trinajstić information content (AvgIpc) is 1.93. The zero-order valence-corrected chi connectivity index (χ0v) is 9.65. The van der Waals surface area contributed by atoms with Crippen molar-refractivity contribution in [2.45, 2.75) is 12.5 Å². The van der Waals surface area contributed by atoms with Gasteiger partial charge in [0, 0.05) is 15.0 Å². The molecule has 0 aromatic heterocycles. The molecule has 3 heteroatoms. The first kappa shape index (κ1) is 8.73. The third-order valence-electron chi connectivity index (χ3n) is 2.16. The Bertz CT molecular complexity index is 295. The fraction of sp³-hybridized carbons (Fsp3) is 0.333. The molecule has 0 amide bonds. The monoisotopic (exact) mass is 289 g/mol. The largest absolute Gasteiger partial charge is 0.310 e. The van der Waals surface area contributed by atoms with Crippen LogP contribution in [0.15, 0.2) is 27.1 Å². The first-order chi connectivity index (χ1) is 5.77. The Morgan fingerprint density at radius 3 is 2.67 bits per heavy atom. The second kappa shape index (κ2) is 3.48. The lowest BCUT2D eigenvalue weighted by Gasteiger charge is -2.29. The van der Waals surface area contributed by atoms with E-state index in [1.165, 1.54) is 16.5 Å².